The maximum Gasteiger partial charge on any atom is 0.225 e. The van der Waals surface area contributed by atoms with E-state index < -0.39 is 0 Å². The molecule has 1 aromatic heterocycles. The molecule has 20 heavy (non-hydrogen) atoms. The zero-order chi connectivity index (χ0) is 14.4. The smallest absolute Gasteiger partial charge is 0.225 e. The molecule has 0 unspecified atom stereocenters. The summed E-state index contributed by atoms with van der Waals surface area (Å²) in [4.78, 5) is 11.8. The molecule has 0 aliphatic carbocycles. The topological polar surface area (TPSA) is 96.5 Å². The van der Waals surface area contributed by atoms with Gasteiger partial charge in [-0.15, -0.1) is 5.10 Å². The molecule has 0 aliphatic heterocycles. The van der Waals surface area contributed by atoms with Crippen LogP contribution in [-0.4, -0.2) is 31.9 Å². The summed E-state index contributed by atoms with van der Waals surface area (Å²) in [5, 5.41) is 23.2. The van der Waals surface area contributed by atoms with Gasteiger partial charge in [0.25, 0.3) is 0 Å². The molecule has 2 aromatic rings. The molecule has 0 radical (unpaired) electrons. The van der Waals surface area contributed by atoms with Gasteiger partial charge in [0.05, 0.1) is 11.6 Å². The van der Waals surface area contributed by atoms with Crippen molar-refractivity contribution in [2.75, 3.05) is 11.1 Å². The summed E-state index contributed by atoms with van der Waals surface area (Å²) >= 11 is 1.41. The zero-order valence-corrected chi connectivity index (χ0v) is 11.6. The quantitative estimate of drug-likeness (QED) is 0.830. The first-order valence-corrected chi connectivity index (χ1v) is 6.83. The van der Waals surface area contributed by atoms with Crippen LogP contribution in [0.2, 0.25) is 0 Å². The molecule has 0 spiro atoms. The normalized spacial score (nSPS) is 10.0. The lowest BCUT2D eigenvalue weighted by atomic mass is 10.2. The zero-order valence-electron chi connectivity index (χ0n) is 10.8. The van der Waals surface area contributed by atoms with E-state index in [2.05, 4.69) is 20.8 Å². The average molecular weight is 288 g/mol. The lowest BCUT2D eigenvalue weighted by Crippen LogP contribution is -2.12. The van der Waals surface area contributed by atoms with Crippen LogP contribution in [0.1, 0.15) is 12.0 Å². The van der Waals surface area contributed by atoms with E-state index in [9.17, 15) is 4.79 Å². The highest BCUT2D eigenvalue weighted by molar-refractivity contribution is 7.99. The Kier molecular flexibility index (Phi) is 4.68. The molecular formula is C12H12N6OS. The number of nitriles is 1. The van der Waals surface area contributed by atoms with Crippen LogP contribution in [0.5, 0.6) is 0 Å². The van der Waals surface area contributed by atoms with Crippen molar-refractivity contribution >= 4 is 23.4 Å². The number of nitrogens with zero attached hydrogens (tertiary/aromatic N) is 5. The summed E-state index contributed by atoms with van der Waals surface area (Å²) in [6, 6.07) is 8.83. The summed E-state index contributed by atoms with van der Waals surface area (Å²) in [5.41, 5.74) is 1.14. The van der Waals surface area contributed by atoms with Gasteiger partial charge >= 0.3 is 0 Å². The number of benzene rings is 1. The van der Waals surface area contributed by atoms with Crippen LogP contribution in [-0.2, 0) is 11.8 Å². The SMILES string of the molecule is Cn1nnnc1SCCC(=O)Nc1cccc(C#N)c1. The number of thioether (sulfide) groups is 1. The average Bonchev–Trinajstić information content (AvgIpc) is 2.85. The molecule has 0 saturated heterocycles. The fourth-order valence-electron chi connectivity index (χ4n) is 1.47. The first-order chi connectivity index (χ1) is 9.69. The van der Waals surface area contributed by atoms with Crippen LogP contribution in [0.4, 0.5) is 5.69 Å². The summed E-state index contributed by atoms with van der Waals surface area (Å²) in [5.74, 6) is 0.473. The highest BCUT2D eigenvalue weighted by Gasteiger charge is 2.06. The molecule has 0 atom stereocenters. The number of anilines is 1. The molecule has 0 saturated carbocycles. The Bertz CT molecular complexity index is 647. The predicted molar refractivity (Wildman–Crippen MR) is 73.9 cm³/mol. The summed E-state index contributed by atoms with van der Waals surface area (Å²) < 4.78 is 1.55. The summed E-state index contributed by atoms with van der Waals surface area (Å²) in [6.07, 6.45) is 0.342. The molecule has 0 bridgehead atoms. The van der Waals surface area contributed by atoms with Gasteiger partial charge in [-0.2, -0.15) is 5.26 Å². The number of hydrogen-bond donors (Lipinski definition) is 1. The van der Waals surface area contributed by atoms with Crippen LogP contribution in [0.25, 0.3) is 0 Å². The van der Waals surface area contributed by atoms with Gasteiger partial charge in [-0.3, -0.25) is 4.79 Å². The van der Waals surface area contributed by atoms with Gasteiger partial charge in [0.15, 0.2) is 0 Å². The van der Waals surface area contributed by atoms with Crippen LogP contribution in [0, 0.1) is 11.3 Å². The predicted octanol–water partition coefficient (Wildman–Crippen LogP) is 1.20. The van der Waals surface area contributed by atoms with Crippen LogP contribution in [0.15, 0.2) is 29.4 Å². The molecule has 1 amide bonds. The van der Waals surface area contributed by atoms with E-state index in [0.717, 1.165) is 0 Å². The molecular weight excluding hydrogens is 276 g/mol. The summed E-state index contributed by atoms with van der Waals surface area (Å²) in [6.45, 7) is 0. The third-order valence-electron chi connectivity index (χ3n) is 2.42. The largest absolute Gasteiger partial charge is 0.326 e. The van der Waals surface area contributed by atoms with Crippen molar-refractivity contribution < 1.29 is 4.79 Å². The van der Waals surface area contributed by atoms with Crippen LogP contribution in [0.3, 0.4) is 0 Å². The minimum atomic E-state index is -0.109. The fourth-order valence-corrected chi connectivity index (χ4v) is 2.26. The van der Waals surface area contributed by atoms with Crippen LogP contribution >= 0.6 is 11.8 Å². The van der Waals surface area contributed by atoms with Crippen LogP contribution < -0.4 is 5.32 Å². The molecule has 0 aliphatic rings. The van der Waals surface area contributed by atoms with E-state index in [1.807, 2.05) is 6.07 Å². The Morgan fingerprint density at radius 2 is 2.40 bits per heavy atom. The number of tetrazole rings is 1. The van der Waals surface area contributed by atoms with E-state index in [0.29, 0.717) is 28.6 Å². The van der Waals surface area contributed by atoms with E-state index >= 15 is 0 Å². The molecule has 1 aromatic carbocycles. The van der Waals surface area contributed by atoms with E-state index in [-0.39, 0.29) is 5.91 Å². The third-order valence-corrected chi connectivity index (χ3v) is 3.43. The van der Waals surface area contributed by atoms with Gasteiger partial charge in [-0.1, -0.05) is 17.8 Å². The van der Waals surface area contributed by atoms with E-state index in [1.54, 1.807) is 36.0 Å². The van der Waals surface area contributed by atoms with Crippen molar-refractivity contribution in [2.45, 2.75) is 11.6 Å². The van der Waals surface area contributed by atoms with Gasteiger partial charge in [-0.05, 0) is 28.6 Å². The number of rotatable bonds is 5. The second-order valence-corrected chi connectivity index (χ2v) is 4.99. The molecule has 1 heterocycles. The minimum Gasteiger partial charge on any atom is -0.326 e. The van der Waals surface area contributed by atoms with E-state index in [4.69, 9.17) is 5.26 Å². The number of amides is 1. The molecule has 1 N–H and O–H groups in total. The van der Waals surface area contributed by atoms with Crippen molar-refractivity contribution in [1.82, 2.24) is 20.2 Å². The fraction of sp³-hybridized carbons (Fsp3) is 0.250. The standard InChI is InChI=1S/C12H12N6OS/c1-18-12(15-16-17-18)20-6-5-11(19)14-10-4-2-3-9(7-10)8-13/h2-4,7H,5-6H2,1H3,(H,14,19). The van der Waals surface area contributed by atoms with Gasteiger partial charge in [0.1, 0.15) is 0 Å². The first kappa shape index (κ1) is 14.0. The molecule has 102 valence electrons. The number of hydrogen-bond acceptors (Lipinski definition) is 6. The number of carbonyl (C=O) groups is 1. The van der Waals surface area contributed by atoms with Crippen molar-refractivity contribution in [3.05, 3.63) is 29.8 Å². The molecule has 7 nitrogen and oxygen atoms in total. The van der Waals surface area contributed by atoms with Gasteiger partial charge in [-0.25, -0.2) is 4.68 Å². The Morgan fingerprint density at radius 3 is 3.10 bits per heavy atom. The Balaban J connectivity index is 1.81. The van der Waals surface area contributed by atoms with Crippen molar-refractivity contribution in [1.29, 1.82) is 5.26 Å². The highest BCUT2D eigenvalue weighted by Crippen LogP contribution is 2.14. The molecule has 0 fully saturated rings. The summed E-state index contributed by atoms with van der Waals surface area (Å²) in [7, 11) is 1.75. The van der Waals surface area contributed by atoms with Gasteiger partial charge in [0.2, 0.25) is 11.1 Å². The Morgan fingerprint density at radius 1 is 1.55 bits per heavy atom. The number of aromatic nitrogens is 4. The van der Waals surface area contributed by atoms with Crippen molar-refractivity contribution in [3.8, 4) is 6.07 Å². The maximum absolute atomic E-state index is 11.8. The molecule has 2 rings (SSSR count). The van der Waals surface area contributed by atoms with Crippen molar-refractivity contribution in [2.24, 2.45) is 7.05 Å². The van der Waals surface area contributed by atoms with Gasteiger partial charge < -0.3 is 5.32 Å². The minimum absolute atomic E-state index is 0.109. The Labute approximate surface area is 120 Å². The monoisotopic (exact) mass is 288 g/mol. The second kappa shape index (κ2) is 6.68. The van der Waals surface area contributed by atoms with Gasteiger partial charge in [0, 0.05) is 24.9 Å². The maximum atomic E-state index is 11.8. The lowest BCUT2D eigenvalue weighted by molar-refractivity contribution is -0.115. The molecule has 8 heteroatoms. The lowest BCUT2D eigenvalue weighted by Gasteiger charge is -2.04. The second-order valence-electron chi connectivity index (χ2n) is 3.92. The van der Waals surface area contributed by atoms with Crippen molar-refractivity contribution in [3.63, 3.8) is 0 Å². The number of carbonyl (C=O) groups excluding carboxylic acids is 1. The van der Waals surface area contributed by atoms with E-state index in [1.165, 1.54) is 11.8 Å². The number of nitrogens with one attached hydrogen (secondary N) is 1. The first-order valence-electron chi connectivity index (χ1n) is 5.84. The highest BCUT2D eigenvalue weighted by atomic mass is 32.2. The number of aryl methyl sites for hydroxylation is 1. The third kappa shape index (κ3) is 3.80. The Hall–Kier alpha value is -2.40.